The second-order valence-electron chi connectivity index (χ2n) is 5.31. The zero-order chi connectivity index (χ0) is 17.8. The molecule has 0 saturated heterocycles. The summed E-state index contributed by atoms with van der Waals surface area (Å²) >= 11 is 0. The highest BCUT2D eigenvalue weighted by Gasteiger charge is 2.32. The minimum atomic E-state index is -3.98. The highest BCUT2D eigenvalue weighted by atomic mass is 32.2. The minimum Gasteiger partial charge on any atom is -0.495 e. The van der Waals surface area contributed by atoms with E-state index >= 15 is 0 Å². The van der Waals surface area contributed by atoms with Gasteiger partial charge in [-0.25, -0.2) is 8.42 Å². The molecule has 0 aliphatic heterocycles. The molecule has 9 heteroatoms. The van der Waals surface area contributed by atoms with Crippen molar-refractivity contribution in [2.75, 3.05) is 20.8 Å². The number of nitrogens with zero attached hydrogens (tertiary/aromatic N) is 2. The number of non-ortho nitro benzene ring substituents is 1. The Hall–Kier alpha value is -1.71. The Morgan fingerprint density at radius 2 is 1.87 bits per heavy atom. The first-order chi connectivity index (χ1) is 10.6. The van der Waals surface area contributed by atoms with Crippen LogP contribution >= 0.6 is 0 Å². The van der Waals surface area contributed by atoms with E-state index in [9.17, 15) is 18.5 Å². The van der Waals surface area contributed by atoms with Crippen molar-refractivity contribution in [2.24, 2.45) is 0 Å². The van der Waals surface area contributed by atoms with E-state index in [1.807, 2.05) is 0 Å². The van der Waals surface area contributed by atoms with Gasteiger partial charge >= 0.3 is 0 Å². The molecule has 1 atom stereocenters. The van der Waals surface area contributed by atoms with Crippen molar-refractivity contribution in [1.29, 1.82) is 0 Å². The molecule has 0 bridgehead atoms. The van der Waals surface area contributed by atoms with E-state index in [1.165, 1.54) is 30.7 Å². The second-order valence-corrected chi connectivity index (χ2v) is 7.17. The molecule has 0 N–H and O–H groups in total. The molecular weight excluding hydrogens is 324 g/mol. The Balaban J connectivity index is 3.44. The van der Waals surface area contributed by atoms with Gasteiger partial charge in [-0.1, -0.05) is 0 Å². The molecule has 1 aromatic rings. The molecule has 1 rings (SSSR count). The zero-order valence-electron chi connectivity index (χ0n) is 13.8. The third-order valence-corrected chi connectivity index (χ3v) is 5.42. The predicted molar refractivity (Wildman–Crippen MR) is 85.1 cm³/mol. The molecule has 0 aliphatic carbocycles. The molecule has 0 aromatic heterocycles. The minimum absolute atomic E-state index is 0.0614. The van der Waals surface area contributed by atoms with E-state index in [1.54, 1.807) is 20.8 Å². The number of rotatable bonds is 8. The van der Waals surface area contributed by atoms with E-state index in [-0.39, 0.29) is 35.0 Å². The van der Waals surface area contributed by atoms with E-state index in [2.05, 4.69) is 0 Å². The molecule has 0 radical (unpaired) electrons. The van der Waals surface area contributed by atoms with Gasteiger partial charge in [-0.3, -0.25) is 10.1 Å². The van der Waals surface area contributed by atoms with E-state index in [0.717, 1.165) is 6.07 Å². The van der Waals surface area contributed by atoms with Crippen molar-refractivity contribution in [3.63, 3.8) is 0 Å². The van der Waals surface area contributed by atoms with Crippen LogP contribution in [0.3, 0.4) is 0 Å². The Morgan fingerprint density at radius 1 is 1.26 bits per heavy atom. The van der Waals surface area contributed by atoms with Gasteiger partial charge in [0.15, 0.2) is 0 Å². The SMILES string of the molecule is COc1ccc([N+](=O)[O-])cc1S(=O)(=O)N(CC(C)OC)C(C)C. The lowest BCUT2D eigenvalue weighted by Crippen LogP contribution is -2.41. The maximum atomic E-state index is 12.9. The molecule has 23 heavy (non-hydrogen) atoms. The molecule has 0 amide bonds. The van der Waals surface area contributed by atoms with Gasteiger partial charge in [-0.15, -0.1) is 0 Å². The summed E-state index contributed by atoms with van der Waals surface area (Å²) in [6.07, 6.45) is -0.322. The molecule has 0 saturated carbocycles. The van der Waals surface area contributed by atoms with E-state index in [0.29, 0.717) is 0 Å². The lowest BCUT2D eigenvalue weighted by Gasteiger charge is -2.28. The molecule has 0 aliphatic rings. The number of benzene rings is 1. The van der Waals surface area contributed by atoms with Gasteiger partial charge in [-0.2, -0.15) is 4.31 Å². The van der Waals surface area contributed by atoms with Gasteiger partial charge < -0.3 is 9.47 Å². The van der Waals surface area contributed by atoms with Crippen molar-refractivity contribution in [1.82, 2.24) is 4.31 Å². The first kappa shape index (κ1) is 19.3. The maximum Gasteiger partial charge on any atom is 0.271 e. The molecule has 0 heterocycles. The monoisotopic (exact) mass is 346 g/mol. The average molecular weight is 346 g/mol. The molecule has 8 nitrogen and oxygen atoms in total. The summed E-state index contributed by atoms with van der Waals surface area (Å²) in [6, 6.07) is 3.15. The first-order valence-electron chi connectivity index (χ1n) is 7.02. The Bertz CT molecular complexity index is 659. The normalized spacial score (nSPS) is 13.3. The molecular formula is C14H22N2O6S. The molecule has 1 unspecified atom stereocenters. The number of hydrogen-bond donors (Lipinski definition) is 0. The van der Waals surface area contributed by atoms with Crippen molar-refractivity contribution in [2.45, 2.75) is 37.8 Å². The number of sulfonamides is 1. The second kappa shape index (κ2) is 7.71. The summed E-state index contributed by atoms with van der Waals surface area (Å²) in [5.41, 5.74) is -0.312. The third kappa shape index (κ3) is 4.40. The summed E-state index contributed by atoms with van der Waals surface area (Å²) in [5.74, 6) is 0.0614. The van der Waals surface area contributed by atoms with E-state index in [4.69, 9.17) is 9.47 Å². The Labute approximate surface area is 136 Å². The maximum absolute atomic E-state index is 12.9. The van der Waals surface area contributed by atoms with Crippen LogP contribution in [-0.2, 0) is 14.8 Å². The van der Waals surface area contributed by atoms with Gasteiger partial charge in [0.2, 0.25) is 10.0 Å². The predicted octanol–water partition coefficient (Wildman–Crippen LogP) is 2.04. The highest BCUT2D eigenvalue weighted by Crippen LogP contribution is 2.31. The topological polar surface area (TPSA) is 99.0 Å². The summed E-state index contributed by atoms with van der Waals surface area (Å²) in [5, 5.41) is 10.9. The van der Waals surface area contributed by atoms with Crippen LogP contribution in [-0.4, -0.2) is 50.6 Å². The summed E-state index contributed by atoms with van der Waals surface area (Å²) < 4.78 is 37.3. The average Bonchev–Trinajstić information content (AvgIpc) is 2.50. The van der Waals surface area contributed by atoms with Crippen molar-refractivity contribution < 1.29 is 22.8 Å². The number of nitro benzene ring substituents is 1. The van der Waals surface area contributed by atoms with Crippen LogP contribution in [0.25, 0.3) is 0 Å². The molecule has 0 spiro atoms. The van der Waals surface area contributed by atoms with Crippen molar-refractivity contribution in [3.8, 4) is 5.75 Å². The number of ether oxygens (including phenoxy) is 2. The van der Waals surface area contributed by atoms with Gasteiger partial charge in [0, 0.05) is 31.8 Å². The summed E-state index contributed by atoms with van der Waals surface area (Å²) in [7, 11) is -1.17. The van der Waals surface area contributed by atoms with Gasteiger partial charge in [-0.05, 0) is 26.8 Å². The molecule has 1 aromatic carbocycles. The van der Waals surface area contributed by atoms with Gasteiger partial charge in [0.1, 0.15) is 10.6 Å². The quantitative estimate of drug-likeness (QED) is 0.527. The van der Waals surface area contributed by atoms with Gasteiger partial charge in [0.05, 0.1) is 18.1 Å². The van der Waals surface area contributed by atoms with Crippen LogP contribution in [0.2, 0.25) is 0 Å². The van der Waals surface area contributed by atoms with Gasteiger partial charge in [0.25, 0.3) is 5.69 Å². The summed E-state index contributed by atoms with van der Waals surface area (Å²) in [4.78, 5) is 10.1. The van der Waals surface area contributed by atoms with Crippen molar-refractivity contribution >= 4 is 15.7 Å². The van der Waals surface area contributed by atoms with Crippen LogP contribution in [0, 0.1) is 10.1 Å². The largest absolute Gasteiger partial charge is 0.495 e. The lowest BCUT2D eigenvalue weighted by molar-refractivity contribution is -0.385. The smallest absolute Gasteiger partial charge is 0.271 e. The van der Waals surface area contributed by atoms with Crippen molar-refractivity contribution in [3.05, 3.63) is 28.3 Å². The van der Waals surface area contributed by atoms with Crippen LogP contribution in [0.15, 0.2) is 23.1 Å². The fourth-order valence-corrected chi connectivity index (χ4v) is 3.91. The van der Waals surface area contributed by atoms with Crippen LogP contribution in [0.5, 0.6) is 5.75 Å². The standard InChI is InChI=1S/C14H22N2O6S/c1-10(2)15(9-11(3)21-4)23(19,20)14-8-12(16(17)18)6-7-13(14)22-5/h6-8,10-11H,9H2,1-5H3. The molecule has 0 fully saturated rings. The summed E-state index contributed by atoms with van der Waals surface area (Å²) in [6.45, 7) is 5.32. The van der Waals surface area contributed by atoms with Crippen LogP contribution in [0.1, 0.15) is 20.8 Å². The number of methoxy groups -OCH3 is 2. The lowest BCUT2D eigenvalue weighted by atomic mass is 10.3. The Morgan fingerprint density at radius 3 is 2.30 bits per heavy atom. The van der Waals surface area contributed by atoms with E-state index < -0.39 is 14.9 Å². The molecule has 130 valence electrons. The highest BCUT2D eigenvalue weighted by molar-refractivity contribution is 7.89. The fraction of sp³-hybridized carbons (Fsp3) is 0.571. The zero-order valence-corrected chi connectivity index (χ0v) is 14.7. The Kier molecular flexibility index (Phi) is 6.48. The number of hydrogen-bond acceptors (Lipinski definition) is 6. The van der Waals surface area contributed by atoms with Crippen LogP contribution < -0.4 is 4.74 Å². The third-order valence-electron chi connectivity index (χ3n) is 3.36. The fourth-order valence-electron chi connectivity index (χ4n) is 2.02. The van der Waals surface area contributed by atoms with Crippen LogP contribution in [0.4, 0.5) is 5.69 Å². The number of nitro groups is 1. The first-order valence-corrected chi connectivity index (χ1v) is 8.46.